The normalized spacial score (nSPS) is 27.6. The maximum Gasteiger partial charge on any atom is 0.0224 e. The molecule has 0 amide bonds. The first-order valence-electron chi connectivity index (χ1n) is 8.38. The number of nitrogens with one attached hydrogen (secondary N) is 1. The predicted molar refractivity (Wildman–Crippen MR) is 84.9 cm³/mol. The van der Waals surface area contributed by atoms with Gasteiger partial charge in [-0.2, -0.15) is 0 Å². The third kappa shape index (κ3) is 3.62. The first-order chi connectivity index (χ1) is 9.86. The Labute approximate surface area is 123 Å². The molecule has 2 unspecified atom stereocenters. The molecule has 1 heterocycles. The summed E-state index contributed by atoms with van der Waals surface area (Å²) in [5.74, 6) is 0.976. The quantitative estimate of drug-likeness (QED) is 0.856. The van der Waals surface area contributed by atoms with Crippen molar-refractivity contribution in [1.82, 2.24) is 10.2 Å². The van der Waals surface area contributed by atoms with Gasteiger partial charge in [0.25, 0.3) is 0 Å². The zero-order chi connectivity index (χ0) is 13.8. The average molecular weight is 272 g/mol. The minimum absolute atomic E-state index is 0.751. The largest absolute Gasteiger partial charge is 0.311 e. The second kappa shape index (κ2) is 6.73. The Morgan fingerprint density at radius 3 is 2.70 bits per heavy atom. The zero-order valence-electron chi connectivity index (χ0n) is 12.7. The van der Waals surface area contributed by atoms with Crippen LogP contribution >= 0.6 is 0 Å². The fraction of sp³-hybridized carbons (Fsp3) is 0.667. The number of benzene rings is 1. The molecule has 2 heteroatoms. The molecule has 0 aromatic heterocycles. The van der Waals surface area contributed by atoms with Crippen LogP contribution in [0.25, 0.3) is 0 Å². The number of aryl methyl sites for hydroxylation is 1. The summed E-state index contributed by atoms with van der Waals surface area (Å²) in [5, 5.41) is 3.78. The van der Waals surface area contributed by atoms with Crippen molar-refractivity contribution in [3.8, 4) is 0 Å². The molecule has 2 aliphatic rings. The molecule has 1 aliphatic heterocycles. The van der Waals surface area contributed by atoms with Crippen molar-refractivity contribution in [2.75, 3.05) is 19.6 Å². The van der Waals surface area contributed by atoms with Crippen molar-refractivity contribution in [3.63, 3.8) is 0 Å². The van der Waals surface area contributed by atoms with Crippen LogP contribution in [0.5, 0.6) is 0 Å². The highest BCUT2D eigenvalue weighted by Crippen LogP contribution is 2.34. The first-order valence-corrected chi connectivity index (χ1v) is 8.38. The molecule has 1 N–H and O–H groups in total. The van der Waals surface area contributed by atoms with Crippen LogP contribution in [-0.2, 0) is 6.42 Å². The van der Waals surface area contributed by atoms with Gasteiger partial charge in [-0.15, -0.1) is 0 Å². The van der Waals surface area contributed by atoms with E-state index in [-0.39, 0.29) is 0 Å². The van der Waals surface area contributed by atoms with Crippen molar-refractivity contribution in [2.45, 2.75) is 51.1 Å². The summed E-state index contributed by atoms with van der Waals surface area (Å²) < 4.78 is 0. The Morgan fingerprint density at radius 2 is 2.00 bits per heavy atom. The van der Waals surface area contributed by atoms with Gasteiger partial charge in [-0.25, -0.2) is 0 Å². The Hall–Kier alpha value is -0.860. The van der Waals surface area contributed by atoms with Crippen LogP contribution in [0.15, 0.2) is 30.3 Å². The van der Waals surface area contributed by atoms with Crippen molar-refractivity contribution in [1.29, 1.82) is 0 Å². The highest BCUT2D eigenvalue weighted by atomic mass is 15.2. The van der Waals surface area contributed by atoms with E-state index >= 15 is 0 Å². The van der Waals surface area contributed by atoms with Gasteiger partial charge in [-0.1, -0.05) is 37.3 Å². The first kappa shape index (κ1) is 14.1. The predicted octanol–water partition coefficient (Wildman–Crippen LogP) is 3.08. The van der Waals surface area contributed by atoms with Gasteiger partial charge in [-0.3, -0.25) is 4.90 Å². The monoisotopic (exact) mass is 272 g/mol. The van der Waals surface area contributed by atoms with Gasteiger partial charge in [0.2, 0.25) is 0 Å². The molecular weight excluding hydrogens is 244 g/mol. The fourth-order valence-electron chi connectivity index (χ4n) is 3.50. The lowest BCUT2D eigenvalue weighted by molar-refractivity contribution is 0.118. The lowest BCUT2D eigenvalue weighted by Crippen LogP contribution is -2.57. The SMILES string of the molecule is CCC1CNC(C2CC2)CN1CCCc1ccccc1. The molecule has 2 fully saturated rings. The Balaban J connectivity index is 1.48. The second-order valence-electron chi connectivity index (χ2n) is 6.50. The van der Waals surface area contributed by atoms with Crippen molar-refractivity contribution in [2.24, 2.45) is 5.92 Å². The molecule has 0 radical (unpaired) electrons. The molecule has 3 rings (SSSR count). The van der Waals surface area contributed by atoms with Crippen LogP contribution in [0.1, 0.15) is 38.2 Å². The van der Waals surface area contributed by atoms with E-state index in [1.807, 2.05) is 0 Å². The van der Waals surface area contributed by atoms with Gasteiger partial charge in [-0.05, 0) is 50.1 Å². The average Bonchev–Trinajstić information content (AvgIpc) is 3.33. The van der Waals surface area contributed by atoms with E-state index in [4.69, 9.17) is 0 Å². The molecule has 1 aromatic rings. The number of hydrogen-bond acceptors (Lipinski definition) is 2. The number of nitrogens with zero attached hydrogens (tertiary/aromatic N) is 1. The zero-order valence-corrected chi connectivity index (χ0v) is 12.7. The van der Waals surface area contributed by atoms with Crippen LogP contribution in [0, 0.1) is 5.92 Å². The van der Waals surface area contributed by atoms with Gasteiger partial charge >= 0.3 is 0 Å². The fourth-order valence-corrected chi connectivity index (χ4v) is 3.50. The summed E-state index contributed by atoms with van der Waals surface area (Å²) in [7, 11) is 0. The molecule has 110 valence electrons. The van der Waals surface area contributed by atoms with Gasteiger partial charge < -0.3 is 5.32 Å². The van der Waals surface area contributed by atoms with Crippen LogP contribution in [-0.4, -0.2) is 36.6 Å². The van der Waals surface area contributed by atoms with E-state index in [1.165, 1.54) is 57.3 Å². The molecule has 2 nitrogen and oxygen atoms in total. The summed E-state index contributed by atoms with van der Waals surface area (Å²) in [6, 6.07) is 12.4. The minimum Gasteiger partial charge on any atom is -0.311 e. The van der Waals surface area contributed by atoms with E-state index in [0.717, 1.165) is 18.0 Å². The maximum absolute atomic E-state index is 3.78. The van der Waals surface area contributed by atoms with Gasteiger partial charge in [0, 0.05) is 25.2 Å². The lowest BCUT2D eigenvalue weighted by Gasteiger charge is -2.40. The molecule has 1 aromatic carbocycles. The van der Waals surface area contributed by atoms with Gasteiger partial charge in [0.1, 0.15) is 0 Å². The molecule has 20 heavy (non-hydrogen) atoms. The number of hydrogen-bond donors (Lipinski definition) is 1. The van der Waals surface area contributed by atoms with Crippen LogP contribution < -0.4 is 5.32 Å². The molecule has 0 spiro atoms. The van der Waals surface area contributed by atoms with Crippen LogP contribution in [0.4, 0.5) is 0 Å². The molecule has 2 atom stereocenters. The summed E-state index contributed by atoms with van der Waals surface area (Å²) in [6.45, 7) is 6.06. The third-order valence-corrected chi connectivity index (χ3v) is 4.98. The summed E-state index contributed by atoms with van der Waals surface area (Å²) >= 11 is 0. The van der Waals surface area contributed by atoms with Gasteiger partial charge in [0.05, 0.1) is 0 Å². The number of rotatable bonds is 6. The van der Waals surface area contributed by atoms with Gasteiger partial charge in [0.15, 0.2) is 0 Å². The summed E-state index contributed by atoms with van der Waals surface area (Å²) in [5.41, 5.74) is 1.48. The van der Waals surface area contributed by atoms with Crippen LogP contribution in [0.2, 0.25) is 0 Å². The van der Waals surface area contributed by atoms with E-state index in [0.29, 0.717) is 0 Å². The molecule has 1 saturated heterocycles. The Kier molecular flexibility index (Phi) is 4.74. The Bertz CT molecular complexity index is 399. The molecular formula is C18H28N2. The third-order valence-electron chi connectivity index (χ3n) is 4.98. The van der Waals surface area contributed by atoms with E-state index < -0.39 is 0 Å². The van der Waals surface area contributed by atoms with E-state index in [9.17, 15) is 0 Å². The van der Waals surface area contributed by atoms with Crippen molar-refractivity contribution < 1.29 is 0 Å². The topological polar surface area (TPSA) is 15.3 Å². The van der Waals surface area contributed by atoms with Crippen LogP contribution in [0.3, 0.4) is 0 Å². The molecule has 1 aliphatic carbocycles. The maximum atomic E-state index is 3.78. The van der Waals surface area contributed by atoms with E-state index in [1.54, 1.807) is 0 Å². The lowest BCUT2D eigenvalue weighted by atomic mass is 10.0. The minimum atomic E-state index is 0.751. The van der Waals surface area contributed by atoms with Crippen molar-refractivity contribution >= 4 is 0 Å². The Morgan fingerprint density at radius 1 is 1.20 bits per heavy atom. The highest BCUT2D eigenvalue weighted by molar-refractivity contribution is 5.14. The molecule has 0 bridgehead atoms. The second-order valence-corrected chi connectivity index (χ2v) is 6.50. The van der Waals surface area contributed by atoms with Crippen molar-refractivity contribution in [3.05, 3.63) is 35.9 Å². The highest BCUT2D eigenvalue weighted by Gasteiger charge is 2.36. The smallest absolute Gasteiger partial charge is 0.0224 e. The van der Waals surface area contributed by atoms with E-state index in [2.05, 4.69) is 47.5 Å². The number of piperazine rings is 1. The standard InChI is InChI=1S/C18H28N2/c1-2-17-13-19-18(16-10-11-16)14-20(17)12-6-9-15-7-4-3-5-8-15/h3-5,7-8,16-19H,2,6,9-14H2,1H3. The summed E-state index contributed by atoms with van der Waals surface area (Å²) in [4.78, 5) is 2.75. The molecule has 1 saturated carbocycles. The summed E-state index contributed by atoms with van der Waals surface area (Å²) in [6.07, 6.45) is 6.68.